The third kappa shape index (κ3) is 8.27. The van der Waals surface area contributed by atoms with Crippen LogP contribution in [-0.2, 0) is 35.4 Å². The predicted molar refractivity (Wildman–Crippen MR) is 122 cm³/mol. The summed E-state index contributed by atoms with van der Waals surface area (Å²) in [6.45, 7) is 12.5. The maximum Gasteiger partial charge on any atom is 0.308 e. The molecule has 29 heavy (non-hydrogen) atoms. The molecule has 0 saturated carbocycles. The SMILES string of the molecule is C=CCC(C)Cc1ccc(CC(C)Cc2ccc(COC(=O)C(C)C)cc2)cc1. The number of esters is 1. The third-order valence-corrected chi connectivity index (χ3v) is 5.22. The van der Waals surface area contributed by atoms with Crippen LogP contribution < -0.4 is 0 Å². The summed E-state index contributed by atoms with van der Waals surface area (Å²) in [5.41, 5.74) is 5.17. The number of benzene rings is 2. The highest BCUT2D eigenvalue weighted by Crippen LogP contribution is 2.18. The van der Waals surface area contributed by atoms with Crippen LogP contribution in [0.4, 0.5) is 0 Å². The van der Waals surface area contributed by atoms with Gasteiger partial charge >= 0.3 is 5.97 Å². The number of carbonyl (C=O) groups is 1. The normalized spacial score (nSPS) is 13.1. The Labute approximate surface area is 177 Å². The Kier molecular flexibility index (Phi) is 9.18. The summed E-state index contributed by atoms with van der Waals surface area (Å²) in [7, 11) is 0. The summed E-state index contributed by atoms with van der Waals surface area (Å²) in [6.07, 6.45) is 6.31. The molecule has 0 radical (unpaired) electrons. The fourth-order valence-electron chi connectivity index (χ4n) is 3.55. The molecule has 0 fully saturated rings. The van der Waals surface area contributed by atoms with E-state index in [0.29, 0.717) is 18.4 Å². The first-order chi connectivity index (χ1) is 13.9. The van der Waals surface area contributed by atoms with E-state index in [9.17, 15) is 4.79 Å². The van der Waals surface area contributed by atoms with Crippen molar-refractivity contribution in [1.82, 2.24) is 0 Å². The van der Waals surface area contributed by atoms with Gasteiger partial charge in [-0.2, -0.15) is 0 Å². The van der Waals surface area contributed by atoms with Crippen molar-refractivity contribution in [2.45, 2.75) is 60.0 Å². The van der Waals surface area contributed by atoms with Crippen molar-refractivity contribution >= 4 is 5.97 Å². The van der Waals surface area contributed by atoms with E-state index >= 15 is 0 Å². The Morgan fingerprint density at radius 3 is 1.62 bits per heavy atom. The standard InChI is InChI=1S/C27H36O2/c1-6-7-21(4)16-23-8-10-24(11-9-23)17-22(5)18-25-12-14-26(15-13-25)19-29-27(28)20(2)3/h6,8-15,20-22H,1,7,16-19H2,2-5H3. The Hall–Kier alpha value is -2.35. The third-order valence-electron chi connectivity index (χ3n) is 5.22. The predicted octanol–water partition coefficient (Wildman–Crippen LogP) is 6.56. The molecule has 0 aromatic heterocycles. The fourth-order valence-corrected chi connectivity index (χ4v) is 3.55. The molecule has 0 saturated heterocycles. The first-order valence-corrected chi connectivity index (χ1v) is 10.8. The van der Waals surface area contributed by atoms with Gasteiger partial charge in [-0.05, 0) is 59.8 Å². The van der Waals surface area contributed by atoms with Crippen molar-refractivity contribution in [3.05, 3.63) is 83.4 Å². The number of ether oxygens (including phenoxy) is 1. The molecular weight excluding hydrogens is 356 g/mol. The minimum atomic E-state index is -0.149. The lowest BCUT2D eigenvalue weighted by Gasteiger charge is -2.14. The second-order valence-corrected chi connectivity index (χ2v) is 8.74. The molecule has 2 atom stereocenters. The first kappa shape index (κ1) is 22.9. The summed E-state index contributed by atoms with van der Waals surface area (Å²) in [6, 6.07) is 17.5. The summed E-state index contributed by atoms with van der Waals surface area (Å²) >= 11 is 0. The van der Waals surface area contributed by atoms with E-state index < -0.39 is 0 Å². The maximum absolute atomic E-state index is 11.6. The first-order valence-electron chi connectivity index (χ1n) is 10.8. The maximum atomic E-state index is 11.6. The van der Waals surface area contributed by atoms with Gasteiger partial charge in [0.2, 0.25) is 0 Å². The molecule has 2 unspecified atom stereocenters. The average molecular weight is 393 g/mol. The number of carbonyl (C=O) groups excluding carboxylic acids is 1. The lowest BCUT2D eigenvalue weighted by molar-refractivity contribution is -0.148. The van der Waals surface area contributed by atoms with Crippen molar-refractivity contribution in [2.24, 2.45) is 17.8 Å². The molecule has 0 aliphatic rings. The van der Waals surface area contributed by atoms with Gasteiger partial charge in [0.05, 0.1) is 5.92 Å². The van der Waals surface area contributed by atoms with Gasteiger partial charge in [-0.25, -0.2) is 0 Å². The minimum absolute atomic E-state index is 0.0836. The van der Waals surface area contributed by atoms with E-state index in [0.717, 1.165) is 31.2 Å². The number of rotatable bonds is 11. The lowest BCUT2D eigenvalue weighted by Crippen LogP contribution is -2.11. The Morgan fingerprint density at radius 2 is 1.21 bits per heavy atom. The zero-order valence-electron chi connectivity index (χ0n) is 18.5. The monoisotopic (exact) mass is 392 g/mol. The van der Waals surface area contributed by atoms with Crippen molar-refractivity contribution in [1.29, 1.82) is 0 Å². The van der Waals surface area contributed by atoms with Crippen LogP contribution in [0.15, 0.2) is 61.2 Å². The molecule has 2 heteroatoms. The zero-order chi connectivity index (χ0) is 21.2. The van der Waals surface area contributed by atoms with Gasteiger partial charge in [0.25, 0.3) is 0 Å². The van der Waals surface area contributed by atoms with Crippen LogP contribution in [0.1, 0.15) is 56.4 Å². The fraction of sp³-hybridized carbons (Fsp3) is 0.444. The highest BCUT2D eigenvalue weighted by molar-refractivity contribution is 5.71. The van der Waals surface area contributed by atoms with E-state index in [-0.39, 0.29) is 11.9 Å². The van der Waals surface area contributed by atoms with E-state index in [1.165, 1.54) is 16.7 Å². The molecule has 156 valence electrons. The molecule has 0 bridgehead atoms. The Bertz CT molecular complexity index is 756. The highest BCUT2D eigenvalue weighted by Gasteiger charge is 2.09. The summed E-state index contributed by atoms with van der Waals surface area (Å²) in [5.74, 6) is 0.989. The van der Waals surface area contributed by atoms with E-state index in [1.807, 2.05) is 19.9 Å². The van der Waals surface area contributed by atoms with Gasteiger partial charge in [0.15, 0.2) is 0 Å². The topological polar surface area (TPSA) is 26.3 Å². The molecule has 2 rings (SSSR count). The van der Waals surface area contributed by atoms with Crippen LogP contribution in [-0.4, -0.2) is 5.97 Å². The molecular formula is C27H36O2. The summed E-state index contributed by atoms with van der Waals surface area (Å²) < 4.78 is 5.29. The molecule has 2 aromatic carbocycles. The largest absolute Gasteiger partial charge is 0.461 e. The van der Waals surface area contributed by atoms with Crippen LogP contribution >= 0.6 is 0 Å². The van der Waals surface area contributed by atoms with Gasteiger partial charge in [-0.3, -0.25) is 4.79 Å². The van der Waals surface area contributed by atoms with E-state index in [4.69, 9.17) is 4.74 Å². The molecule has 0 heterocycles. The molecule has 0 aliphatic heterocycles. The van der Waals surface area contributed by atoms with Crippen LogP contribution in [0.2, 0.25) is 0 Å². The number of allylic oxidation sites excluding steroid dienone is 1. The van der Waals surface area contributed by atoms with Gasteiger partial charge in [-0.1, -0.05) is 82.3 Å². The molecule has 0 N–H and O–H groups in total. The van der Waals surface area contributed by atoms with Gasteiger partial charge in [0.1, 0.15) is 6.61 Å². The average Bonchev–Trinajstić information content (AvgIpc) is 2.68. The van der Waals surface area contributed by atoms with Crippen LogP contribution in [0, 0.1) is 17.8 Å². The second-order valence-electron chi connectivity index (χ2n) is 8.74. The minimum Gasteiger partial charge on any atom is -0.461 e. The van der Waals surface area contributed by atoms with Crippen molar-refractivity contribution < 1.29 is 9.53 Å². The Balaban J connectivity index is 1.81. The van der Waals surface area contributed by atoms with Crippen molar-refractivity contribution in [3.63, 3.8) is 0 Å². The second kappa shape index (κ2) is 11.6. The van der Waals surface area contributed by atoms with E-state index in [2.05, 4.69) is 69.0 Å². The van der Waals surface area contributed by atoms with Crippen LogP contribution in [0.25, 0.3) is 0 Å². The molecule has 0 aliphatic carbocycles. The molecule has 2 nitrogen and oxygen atoms in total. The van der Waals surface area contributed by atoms with Crippen LogP contribution in [0.5, 0.6) is 0 Å². The van der Waals surface area contributed by atoms with Crippen molar-refractivity contribution in [3.8, 4) is 0 Å². The quantitative estimate of drug-likeness (QED) is 0.320. The highest BCUT2D eigenvalue weighted by atomic mass is 16.5. The summed E-state index contributed by atoms with van der Waals surface area (Å²) in [4.78, 5) is 11.6. The van der Waals surface area contributed by atoms with Gasteiger partial charge < -0.3 is 4.74 Å². The molecule has 0 amide bonds. The Morgan fingerprint density at radius 1 is 0.793 bits per heavy atom. The zero-order valence-corrected chi connectivity index (χ0v) is 18.5. The van der Waals surface area contributed by atoms with Gasteiger partial charge in [-0.15, -0.1) is 6.58 Å². The van der Waals surface area contributed by atoms with Crippen molar-refractivity contribution in [2.75, 3.05) is 0 Å². The van der Waals surface area contributed by atoms with Crippen LogP contribution in [0.3, 0.4) is 0 Å². The number of hydrogen-bond acceptors (Lipinski definition) is 2. The smallest absolute Gasteiger partial charge is 0.308 e. The molecule has 0 spiro atoms. The van der Waals surface area contributed by atoms with Gasteiger partial charge in [0, 0.05) is 0 Å². The van der Waals surface area contributed by atoms with E-state index in [1.54, 1.807) is 0 Å². The number of hydrogen-bond donors (Lipinski definition) is 0. The summed E-state index contributed by atoms with van der Waals surface area (Å²) in [5, 5.41) is 0. The lowest BCUT2D eigenvalue weighted by atomic mass is 9.92. The molecule has 2 aromatic rings.